The Kier molecular flexibility index (Phi) is 5.71. The van der Waals surface area contributed by atoms with Crippen molar-refractivity contribution in [2.24, 2.45) is 0 Å². The Labute approximate surface area is 120 Å². The second kappa shape index (κ2) is 7.53. The van der Waals surface area contributed by atoms with Crippen molar-refractivity contribution in [2.75, 3.05) is 6.61 Å². The molecule has 2 rings (SSSR count). The number of ether oxygens (including phenoxy) is 1. The molecule has 4 heteroatoms. The monoisotopic (exact) mass is 277 g/mol. The van der Waals surface area contributed by atoms with E-state index in [9.17, 15) is 4.79 Å². The molecule has 0 saturated heterocycles. The predicted octanol–water partition coefficient (Wildman–Crippen LogP) is 1.66. The van der Waals surface area contributed by atoms with E-state index >= 15 is 0 Å². The Morgan fingerprint density at radius 1 is 1.40 bits per heavy atom. The SMILES string of the molecule is CC[C@@H](NC1CC(OCc2ccccc2)C1)C(=O)CO. The molecule has 1 aromatic rings. The molecule has 0 aromatic heterocycles. The highest BCUT2D eigenvalue weighted by molar-refractivity contribution is 5.84. The Bertz CT molecular complexity index is 415. The van der Waals surface area contributed by atoms with Crippen molar-refractivity contribution in [3.05, 3.63) is 35.9 Å². The minimum Gasteiger partial charge on any atom is -0.389 e. The topological polar surface area (TPSA) is 58.6 Å². The van der Waals surface area contributed by atoms with E-state index in [2.05, 4.69) is 17.4 Å². The fraction of sp³-hybridized carbons (Fsp3) is 0.562. The summed E-state index contributed by atoms with van der Waals surface area (Å²) in [6, 6.07) is 10.2. The van der Waals surface area contributed by atoms with Crippen LogP contribution < -0.4 is 5.32 Å². The van der Waals surface area contributed by atoms with E-state index in [1.54, 1.807) is 0 Å². The van der Waals surface area contributed by atoms with Gasteiger partial charge in [-0.1, -0.05) is 37.3 Å². The second-order valence-electron chi connectivity index (χ2n) is 5.34. The first kappa shape index (κ1) is 15.2. The molecular weight excluding hydrogens is 254 g/mol. The van der Waals surface area contributed by atoms with Gasteiger partial charge in [0, 0.05) is 6.04 Å². The van der Waals surface area contributed by atoms with Gasteiger partial charge in [-0.2, -0.15) is 0 Å². The Balaban J connectivity index is 1.66. The van der Waals surface area contributed by atoms with Gasteiger partial charge in [-0.25, -0.2) is 0 Å². The molecule has 1 fully saturated rings. The quantitative estimate of drug-likeness (QED) is 0.759. The molecule has 1 aliphatic rings. The van der Waals surface area contributed by atoms with Crippen LogP contribution in [0, 0.1) is 0 Å². The first-order valence-corrected chi connectivity index (χ1v) is 7.28. The number of carbonyl (C=O) groups is 1. The van der Waals surface area contributed by atoms with Crippen LogP contribution in [0.25, 0.3) is 0 Å². The third kappa shape index (κ3) is 4.13. The standard InChI is InChI=1S/C16H23NO3/c1-2-15(16(19)10-18)17-13-8-14(9-13)20-11-12-6-4-3-5-7-12/h3-7,13-15,17-18H,2,8-11H2,1H3/t13?,14?,15-/m1/s1. The molecule has 1 aromatic carbocycles. The van der Waals surface area contributed by atoms with Crippen LogP contribution in [0.5, 0.6) is 0 Å². The molecule has 0 spiro atoms. The van der Waals surface area contributed by atoms with Gasteiger partial charge in [-0.05, 0) is 24.8 Å². The van der Waals surface area contributed by atoms with Gasteiger partial charge < -0.3 is 15.2 Å². The second-order valence-corrected chi connectivity index (χ2v) is 5.34. The van der Waals surface area contributed by atoms with E-state index in [-0.39, 0.29) is 24.5 Å². The summed E-state index contributed by atoms with van der Waals surface area (Å²) in [5.41, 5.74) is 1.19. The highest BCUT2D eigenvalue weighted by Crippen LogP contribution is 2.25. The molecule has 2 N–H and O–H groups in total. The fourth-order valence-electron chi connectivity index (χ4n) is 2.46. The first-order valence-electron chi connectivity index (χ1n) is 7.28. The van der Waals surface area contributed by atoms with E-state index in [0.717, 1.165) is 12.8 Å². The summed E-state index contributed by atoms with van der Waals surface area (Å²) in [5.74, 6) is -0.124. The number of ketones is 1. The maximum atomic E-state index is 11.5. The van der Waals surface area contributed by atoms with Crippen LogP contribution in [0.15, 0.2) is 30.3 Å². The lowest BCUT2D eigenvalue weighted by Gasteiger charge is -2.37. The average Bonchev–Trinajstić information content (AvgIpc) is 2.45. The summed E-state index contributed by atoms with van der Waals surface area (Å²) in [5, 5.41) is 12.2. The van der Waals surface area contributed by atoms with E-state index in [1.165, 1.54) is 5.56 Å². The van der Waals surface area contributed by atoms with Gasteiger partial charge in [0.2, 0.25) is 0 Å². The lowest BCUT2D eigenvalue weighted by atomic mass is 9.88. The zero-order chi connectivity index (χ0) is 14.4. The smallest absolute Gasteiger partial charge is 0.174 e. The normalized spacial score (nSPS) is 23.1. The molecule has 0 heterocycles. The molecule has 4 nitrogen and oxygen atoms in total. The van der Waals surface area contributed by atoms with Gasteiger partial charge in [0.25, 0.3) is 0 Å². The third-order valence-electron chi connectivity index (χ3n) is 3.81. The number of rotatable bonds is 8. The number of benzene rings is 1. The van der Waals surface area contributed by atoms with Crippen molar-refractivity contribution in [1.29, 1.82) is 0 Å². The van der Waals surface area contributed by atoms with E-state index in [4.69, 9.17) is 9.84 Å². The van der Waals surface area contributed by atoms with Crippen molar-refractivity contribution in [3.63, 3.8) is 0 Å². The van der Waals surface area contributed by atoms with Crippen LogP contribution in [0.2, 0.25) is 0 Å². The van der Waals surface area contributed by atoms with Crippen molar-refractivity contribution < 1.29 is 14.6 Å². The maximum absolute atomic E-state index is 11.5. The summed E-state index contributed by atoms with van der Waals surface area (Å²) in [7, 11) is 0. The zero-order valence-corrected chi connectivity index (χ0v) is 11.9. The van der Waals surface area contributed by atoms with Crippen molar-refractivity contribution in [1.82, 2.24) is 5.32 Å². The Morgan fingerprint density at radius 2 is 2.10 bits per heavy atom. The zero-order valence-electron chi connectivity index (χ0n) is 11.9. The molecule has 20 heavy (non-hydrogen) atoms. The van der Waals surface area contributed by atoms with E-state index in [0.29, 0.717) is 19.1 Å². The number of nitrogens with one attached hydrogen (secondary N) is 1. The van der Waals surface area contributed by atoms with Crippen LogP contribution >= 0.6 is 0 Å². The molecule has 1 saturated carbocycles. The molecular formula is C16H23NO3. The van der Waals surface area contributed by atoms with Crippen LogP contribution in [0.3, 0.4) is 0 Å². The Hall–Kier alpha value is -1.23. The highest BCUT2D eigenvalue weighted by Gasteiger charge is 2.32. The molecule has 0 radical (unpaired) electrons. The number of hydrogen-bond donors (Lipinski definition) is 2. The minimum atomic E-state index is -0.383. The Morgan fingerprint density at radius 3 is 2.70 bits per heavy atom. The highest BCUT2D eigenvalue weighted by atomic mass is 16.5. The fourth-order valence-corrected chi connectivity index (χ4v) is 2.46. The lowest BCUT2D eigenvalue weighted by molar-refractivity contribution is -0.124. The molecule has 0 bridgehead atoms. The predicted molar refractivity (Wildman–Crippen MR) is 77.3 cm³/mol. The van der Waals surface area contributed by atoms with Gasteiger partial charge in [0.1, 0.15) is 6.61 Å². The number of Topliss-reactive ketones (excluding diaryl/α,β-unsaturated/α-hetero) is 1. The number of aliphatic hydroxyl groups is 1. The number of carbonyl (C=O) groups excluding carboxylic acids is 1. The van der Waals surface area contributed by atoms with Crippen molar-refractivity contribution >= 4 is 5.78 Å². The first-order chi connectivity index (χ1) is 9.72. The van der Waals surface area contributed by atoms with E-state index < -0.39 is 0 Å². The molecule has 1 aliphatic carbocycles. The van der Waals surface area contributed by atoms with Crippen LogP contribution in [0.4, 0.5) is 0 Å². The van der Waals surface area contributed by atoms with Crippen molar-refractivity contribution in [3.8, 4) is 0 Å². The maximum Gasteiger partial charge on any atom is 0.174 e. The minimum absolute atomic E-state index is 0.124. The van der Waals surface area contributed by atoms with Gasteiger partial charge in [0.15, 0.2) is 5.78 Å². The molecule has 0 unspecified atom stereocenters. The van der Waals surface area contributed by atoms with Crippen molar-refractivity contribution in [2.45, 2.75) is 51.0 Å². The lowest BCUT2D eigenvalue weighted by Crippen LogP contribution is -2.52. The average molecular weight is 277 g/mol. The summed E-state index contributed by atoms with van der Waals surface area (Å²) >= 11 is 0. The van der Waals surface area contributed by atoms with Gasteiger partial charge >= 0.3 is 0 Å². The summed E-state index contributed by atoms with van der Waals surface area (Å²) in [4.78, 5) is 11.5. The third-order valence-corrected chi connectivity index (χ3v) is 3.81. The number of hydrogen-bond acceptors (Lipinski definition) is 4. The molecule has 0 amide bonds. The van der Waals surface area contributed by atoms with E-state index in [1.807, 2.05) is 25.1 Å². The van der Waals surface area contributed by atoms with Gasteiger partial charge in [-0.3, -0.25) is 4.79 Å². The molecule has 0 aliphatic heterocycles. The number of aliphatic hydroxyl groups excluding tert-OH is 1. The van der Waals surface area contributed by atoms with Crippen LogP contribution in [0.1, 0.15) is 31.7 Å². The van der Waals surface area contributed by atoms with Gasteiger partial charge in [-0.15, -0.1) is 0 Å². The molecule has 110 valence electrons. The summed E-state index contributed by atoms with van der Waals surface area (Å²) in [6.45, 7) is 2.21. The largest absolute Gasteiger partial charge is 0.389 e. The van der Waals surface area contributed by atoms with Gasteiger partial charge in [0.05, 0.1) is 18.8 Å². The van der Waals surface area contributed by atoms with Crippen LogP contribution in [-0.2, 0) is 16.1 Å². The summed E-state index contributed by atoms with van der Waals surface area (Å²) < 4.78 is 5.82. The molecule has 1 atom stereocenters. The van der Waals surface area contributed by atoms with Crippen LogP contribution in [-0.4, -0.2) is 35.7 Å². The summed E-state index contributed by atoms with van der Waals surface area (Å²) in [6.07, 6.45) is 2.85.